The van der Waals surface area contributed by atoms with Gasteiger partial charge in [0, 0.05) is 45.4 Å². The number of carbonyl (C=O) groups excluding carboxylic acids is 1. The van der Waals surface area contributed by atoms with Crippen LogP contribution in [0.2, 0.25) is 0 Å². The maximum absolute atomic E-state index is 12.5. The number of anilines is 1. The lowest BCUT2D eigenvalue weighted by Crippen LogP contribution is -2.42. The molecule has 0 spiro atoms. The number of rotatable bonds is 11. The van der Waals surface area contributed by atoms with E-state index in [1.54, 1.807) is 13.2 Å². The second-order valence-electron chi connectivity index (χ2n) is 8.70. The number of carbonyl (C=O) groups is 1. The van der Waals surface area contributed by atoms with Crippen LogP contribution in [0.4, 0.5) is 5.82 Å². The molecule has 2 aliphatic rings. The van der Waals surface area contributed by atoms with Gasteiger partial charge in [-0.05, 0) is 30.4 Å². The highest BCUT2D eigenvalue weighted by Crippen LogP contribution is 2.26. The van der Waals surface area contributed by atoms with Gasteiger partial charge in [-0.1, -0.05) is 24.3 Å². The Balaban J connectivity index is 1.18. The van der Waals surface area contributed by atoms with Gasteiger partial charge in [0.1, 0.15) is 17.8 Å². The van der Waals surface area contributed by atoms with Gasteiger partial charge in [-0.3, -0.25) is 9.69 Å². The molecular weight excluding hydrogens is 422 g/mol. The first-order valence-corrected chi connectivity index (χ1v) is 11.5. The first-order valence-electron chi connectivity index (χ1n) is 11.5. The number of methoxy groups -OCH3 is 1. The van der Waals surface area contributed by atoms with E-state index in [1.165, 1.54) is 17.5 Å². The van der Waals surface area contributed by atoms with E-state index in [0.29, 0.717) is 25.6 Å². The number of ether oxygens (including phenoxy) is 2. The van der Waals surface area contributed by atoms with E-state index in [9.17, 15) is 9.90 Å². The number of nitrogens with zero attached hydrogens (tertiary/aromatic N) is 3. The molecule has 33 heavy (non-hydrogen) atoms. The number of β-amino-alcohol motifs (C(OH)–C–C–N with tert-alkyl or cyclic N) is 1. The summed E-state index contributed by atoms with van der Waals surface area (Å²) in [5.74, 6) is 0.292. The first-order chi connectivity index (χ1) is 16.1. The van der Waals surface area contributed by atoms with Crippen LogP contribution in [0, 0.1) is 0 Å². The average molecular weight is 456 g/mol. The molecule has 1 atom stereocenters. The molecule has 1 amide bonds. The zero-order valence-electron chi connectivity index (χ0n) is 19.1. The Hall–Kier alpha value is -2.59. The van der Waals surface area contributed by atoms with Gasteiger partial charge in [-0.25, -0.2) is 9.97 Å². The van der Waals surface area contributed by atoms with E-state index in [0.717, 1.165) is 32.4 Å². The van der Waals surface area contributed by atoms with E-state index in [-0.39, 0.29) is 30.3 Å². The highest BCUT2D eigenvalue weighted by molar-refractivity contribution is 5.92. The standard InChI is InChI=1S/C24H33N5O4/c1-32-8-9-33-21-10-19(11-21)28-23-12-22(26-16-27-23)24(31)25-13-20(30)15-29-7-6-17-4-2-3-5-18(17)14-29/h2-5,12,16,19-21,30H,6-11,13-15H2,1H3,(H,25,31)(H,26,27,28)/t19-,20-,21+/m0/s1. The largest absolute Gasteiger partial charge is 0.390 e. The Morgan fingerprint density at radius 3 is 2.88 bits per heavy atom. The number of aliphatic hydroxyl groups excluding tert-OH is 1. The average Bonchev–Trinajstić information content (AvgIpc) is 2.81. The van der Waals surface area contributed by atoms with E-state index in [2.05, 4.69) is 43.7 Å². The molecule has 1 saturated carbocycles. The number of fused-ring (bicyclic) bond motifs is 1. The Morgan fingerprint density at radius 2 is 2.06 bits per heavy atom. The summed E-state index contributed by atoms with van der Waals surface area (Å²) in [6, 6.07) is 10.3. The minimum Gasteiger partial charge on any atom is -0.390 e. The fourth-order valence-electron chi connectivity index (χ4n) is 4.26. The van der Waals surface area contributed by atoms with E-state index >= 15 is 0 Å². The van der Waals surface area contributed by atoms with Crippen LogP contribution in [-0.2, 0) is 22.4 Å². The third kappa shape index (κ3) is 6.70. The van der Waals surface area contributed by atoms with Crippen molar-refractivity contribution in [3.63, 3.8) is 0 Å². The minimum absolute atomic E-state index is 0.173. The maximum atomic E-state index is 12.5. The number of aromatic nitrogens is 2. The van der Waals surface area contributed by atoms with Crippen LogP contribution in [-0.4, -0.2) is 84.1 Å². The van der Waals surface area contributed by atoms with E-state index in [4.69, 9.17) is 9.47 Å². The summed E-state index contributed by atoms with van der Waals surface area (Å²) in [5.41, 5.74) is 2.96. The molecule has 4 rings (SSSR count). The van der Waals surface area contributed by atoms with Gasteiger partial charge < -0.3 is 25.2 Å². The number of nitrogens with one attached hydrogen (secondary N) is 2. The minimum atomic E-state index is -0.649. The van der Waals surface area contributed by atoms with Crippen LogP contribution in [0.5, 0.6) is 0 Å². The van der Waals surface area contributed by atoms with Crippen LogP contribution >= 0.6 is 0 Å². The molecule has 3 N–H and O–H groups in total. The summed E-state index contributed by atoms with van der Waals surface area (Å²) in [7, 11) is 1.66. The highest BCUT2D eigenvalue weighted by Gasteiger charge is 2.30. The molecule has 9 heteroatoms. The predicted molar refractivity (Wildman–Crippen MR) is 124 cm³/mol. The van der Waals surface area contributed by atoms with Crippen molar-refractivity contribution in [2.45, 2.75) is 44.1 Å². The third-order valence-corrected chi connectivity index (χ3v) is 6.16. The van der Waals surface area contributed by atoms with Crippen molar-refractivity contribution >= 4 is 11.7 Å². The normalized spacial score (nSPS) is 21.0. The van der Waals surface area contributed by atoms with Crippen LogP contribution in [0.25, 0.3) is 0 Å². The molecule has 178 valence electrons. The number of hydrogen-bond acceptors (Lipinski definition) is 8. The zero-order valence-corrected chi connectivity index (χ0v) is 19.1. The lowest BCUT2D eigenvalue weighted by Gasteiger charge is -2.35. The molecule has 1 aromatic carbocycles. The van der Waals surface area contributed by atoms with Crippen molar-refractivity contribution in [2.24, 2.45) is 0 Å². The van der Waals surface area contributed by atoms with Crippen molar-refractivity contribution in [2.75, 3.05) is 45.3 Å². The van der Waals surface area contributed by atoms with E-state index < -0.39 is 6.10 Å². The van der Waals surface area contributed by atoms with Gasteiger partial charge in [0.25, 0.3) is 5.91 Å². The van der Waals surface area contributed by atoms with Crippen molar-refractivity contribution in [1.29, 1.82) is 0 Å². The topological polar surface area (TPSA) is 109 Å². The maximum Gasteiger partial charge on any atom is 0.270 e. The number of hydrogen-bond donors (Lipinski definition) is 3. The fraction of sp³-hybridized carbons (Fsp3) is 0.542. The molecule has 2 aromatic rings. The molecule has 0 bridgehead atoms. The van der Waals surface area contributed by atoms with Gasteiger partial charge in [0.2, 0.25) is 0 Å². The van der Waals surface area contributed by atoms with Gasteiger partial charge in [-0.2, -0.15) is 0 Å². The molecule has 1 aliphatic heterocycles. The van der Waals surface area contributed by atoms with Crippen molar-refractivity contribution < 1.29 is 19.4 Å². The Bertz CT molecular complexity index is 921. The monoisotopic (exact) mass is 455 g/mol. The van der Waals surface area contributed by atoms with Crippen molar-refractivity contribution in [3.05, 3.63) is 53.5 Å². The number of aliphatic hydroxyl groups is 1. The molecule has 0 saturated heterocycles. The first kappa shape index (κ1) is 23.6. The highest BCUT2D eigenvalue weighted by atomic mass is 16.5. The lowest BCUT2D eigenvalue weighted by atomic mass is 9.89. The quantitative estimate of drug-likeness (QED) is 0.434. The van der Waals surface area contributed by atoms with Crippen LogP contribution in [0.15, 0.2) is 36.7 Å². The van der Waals surface area contributed by atoms with Crippen LogP contribution in [0.3, 0.4) is 0 Å². The molecule has 1 aliphatic carbocycles. The Morgan fingerprint density at radius 1 is 1.24 bits per heavy atom. The Labute approximate surface area is 194 Å². The zero-order chi connectivity index (χ0) is 23.0. The molecule has 1 fully saturated rings. The van der Waals surface area contributed by atoms with Gasteiger partial charge in [0.15, 0.2) is 0 Å². The second-order valence-corrected chi connectivity index (χ2v) is 8.70. The summed E-state index contributed by atoms with van der Waals surface area (Å²) < 4.78 is 10.7. The fourth-order valence-corrected chi connectivity index (χ4v) is 4.26. The molecule has 0 unspecified atom stereocenters. The summed E-state index contributed by atoms with van der Waals surface area (Å²) in [6.07, 6.45) is 3.72. The van der Waals surface area contributed by atoms with Crippen molar-refractivity contribution in [3.8, 4) is 0 Å². The predicted octanol–water partition coefficient (Wildman–Crippen LogP) is 1.23. The van der Waals surface area contributed by atoms with Gasteiger partial charge >= 0.3 is 0 Å². The Kier molecular flexibility index (Phi) is 8.22. The molecule has 1 aromatic heterocycles. The summed E-state index contributed by atoms with van der Waals surface area (Å²) in [6.45, 7) is 3.61. The van der Waals surface area contributed by atoms with Crippen LogP contribution < -0.4 is 10.6 Å². The summed E-state index contributed by atoms with van der Waals surface area (Å²) in [5, 5.41) is 16.5. The van der Waals surface area contributed by atoms with Crippen LogP contribution in [0.1, 0.15) is 34.5 Å². The second kappa shape index (κ2) is 11.5. The SMILES string of the molecule is COCCO[C@H]1C[C@@H](Nc2cc(C(=O)NC[C@H](O)CN3CCc4ccccc4C3)ncn2)C1. The number of benzene rings is 1. The summed E-state index contributed by atoms with van der Waals surface area (Å²) in [4.78, 5) is 23.1. The molecular formula is C24H33N5O4. The molecule has 2 heterocycles. The summed E-state index contributed by atoms with van der Waals surface area (Å²) >= 11 is 0. The van der Waals surface area contributed by atoms with Gasteiger partial charge in [-0.15, -0.1) is 0 Å². The van der Waals surface area contributed by atoms with Gasteiger partial charge in [0.05, 0.1) is 25.4 Å². The molecule has 9 nitrogen and oxygen atoms in total. The number of amides is 1. The smallest absolute Gasteiger partial charge is 0.270 e. The third-order valence-electron chi connectivity index (χ3n) is 6.16. The lowest BCUT2D eigenvalue weighted by molar-refractivity contribution is -0.0261. The van der Waals surface area contributed by atoms with Crippen molar-refractivity contribution in [1.82, 2.24) is 20.2 Å². The van der Waals surface area contributed by atoms with E-state index in [1.807, 2.05) is 6.07 Å². The molecule has 0 radical (unpaired) electrons.